The molecule has 0 saturated heterocycles. The Morgan fingerprint density at radius 2 is 1.91 bits per heavy atom. The fourth-order valence-electron chi connectivity index (χ4n) is 0.928. The van der Waals surface area contributed by atoms with E-state index >= 15 is 0 Å². The molecule has 0 atom stereocenters. The zero-order chi connectivity index (χ0) is 8.53. The van der Waals surface area contributed by atoms with E-state index in [1.165, 1.54) is 12.8 Å². The summed E-state index contributed by atoms with van der Waals surface area (Å²) in [6, 6.07) is 0. The third kappa shape index (κ3) is 9.88. The summed E-state index contributed by atoms with van der Waals surface area (Å²) in [5.41, 5.74) is 0. The fourth-order valence-corrected chi connectivity index (χ4v) is 0.928. The first-order chi connectivity index (χ1) is 5.27. The minimum absolute atomic E-state index is 0.481. The van der Waals surface area contributed by atoms with Gasteiger partial charge in [-0.25, -0.2) is 10.1 Å². The van der Waals surface area contributed by atoms with Gasteiger partial charge in [0.25, 0.3) is 0 Å². The van der Waals surface area contributed by atoms with Gasteiger partial charge in [-0.1, -0.05) is 38.1 Å². The van der Waals surface area contributed by atoms with E-state index in [-0.39, 0.29) is 0 Å². The maximum Gasteiger partial charge on any atom is 0.0853 e. The SMILES string of the molecule is CC(C)CCCCCOOO. The normalized spacial score (nSPS) is 10.9. The summed E-state index contributed by atoms with van der Waals surface area (Å²) in [5, 5.41) is 11.3. The van der Waals surface area contributed by atoms with Gasteiger partial charge in [0.2, 0.25) is 0 Å². The Labute approximate surface area is 68.2 Å². The first-order valence-electron chi connectivity index (χ1n) is 4.20. The van der Waals surface area contributed by atoms with E-state index in [4.69, 9.17) is 5.26 Å². The fraction of sp³-hybridized carbons (Fsp3) is 1.00. The van der Waals surface area contributed by atoms with Crippen molar-refractivity contribution in [2.24, 2.45) is 5.92 Å². The average Bonchev–Trinajstić information content (AvgIpc) is 1.96. The predicted molar refractivity (Wildman–Crippen MR) is 43.0 cm³/mol. The molecule has 0 spiro atoms. The second kappa shape index (κ2) is 7.98. The van der Waals surface area contributed by atoms with Gasteiger partial charge in [-0.3, -0.25) is 0 Å². The van der Waals surface area contributed by atoms with Crippen LogP contribution in [0.25, 0.3) is 0 Å². The predicted octanol–water partition coefficient (Wildman–Crippen LogP) is 2.62. The lowest BCUT2D eigenvalue weighted by Crippen LogP contribution is -1.94. The van der Waals surface area contributed by atoms with Gasteiger partial charge in [-0.2, -0.15) is 0 Å². The molecule has 11 heavy (non-hydrogen) atoms. The highest BCUT2D eigenvalue weighted by atomic mass is 17.5. The second-order valence-electron chi connectivity index (χ2n) is 3.14. The summed E-state index contributed by atoms with van der Waals surface area (Å²) in [7, 11) is 0. The van der Waals surface area contributed by atoms with Crippen LogP contribution in [0.15, 0.2) is 0 Å². The van der Waals surface area contributed by atoms with Gasteiger partial charge < -0.3 is 0 Å². The van der Waals surface area contributed by atoms with E-state index in [0.29, 0.717) is 6.61 Å². The summed E-state index contributed by atoms with van der Waals surface area (Å²) >= 11 is 0. The van der Waals surface area contributed by atoms with E-state index < -0.39 is 0 Å². The van der Waals surface area contributed by atoms with Gasteiger partial charge in [-0.15, -0.1) is 0 Å². The third-order valence-corrected chi connectivity index (χ3v) is 1.56. The molecule has 3 heteroatoms. The molecule has 0 aromatic carbocycles. The molecule has 0 radical (unpaired) electrons. The van der Waals surface area contributed by atoms with Crippen molar-refractivity contribution >= 4 is 0 Å². The van der Waals surface area contributed by atoms with E-state index in [0.717, 1.165) is 18.8 Å². The largest absolute Gasteiger partial charge is 0.221 e. The molecule has 1 N–H and O–H groups in total. The van der Waals surface area contributed by atoms with Gasteiger partial charge in [0.1, 0.15) is 0 Å². The minimum Gasteiger partial charge on any atom is -0.221 e. The molecular formula is C8H18O3. The van der Waals surface area contributed by atoms with Crippen LogP contribution in [-0.4, -0.2) is 11.9 Å². The van der Waals surface area contributed by atoms with Gasteiger partial charge >= 0.3 is 0 Å². The zero-order valence-electron chi connectivity index (χ0n) is 7.38. The maximum atomic E-state index is 7.79. The number of unbranched alkanes of at least 4 members (excludes halogenated alkanes) is 2. The monoisotopic (exact) mass is 162 g/mol. The number of rotatable bonds is 7. The van der Waals surface area contributed by atoms with Crippen molar-refractivity contribution in [2.75, 3.05) is 6.61 Å². The van der Waals surface area contributed by atoms with Gasteiger partial charge in [0, 0.05) is 0 Å². The van der Waals surface area contributed by atoms with Crippen LogP contribution in [0.4, 0.5) is 0 Å². The molecule has 0 heterocycles. The molecule has 0 saturated carbocycles. The van der Waals surface area contributed by atoms with Gasteiger partial charge in [-0.05, 0) is 12.3 Å². The van der Waals surface area contributed by atoms with Crippen molar-refractivity contribution in [3.63, 3.8) is 0 Å². The molecule has 0 aliphatic rings. The smallest absolute Gasteiger partial charge is 0.0853 e. The summed E-state index contributed by atoms with van der Waals surface area (Å²) in [6.45, 7) is 4.91. The topological polar surface area (TPSA) is 38.7 Å². The first-order valence-corrected chi connectivity index (χ1v) is 4.20. The average molecular weight is 162 g/mol. The third-order valence-electron chi connectivity index (χ3n) is 1.56. The first kappa shape index (κ1) is 10.9. The Balaban J connectivity index is 2.80. The van der Waals surface area contributed by atoms with Crippen molar-refractivity contribution in [1.82, 2.24) is 0 Å². The van der Waals surface area contributed by atoms with Crippen LogP contribution in [0, 0.1) is 5.92 Å². The van der Waals surface area contributed by atoms with Crippen LogP contribution < -0.4 is 0 Å². The molecule has 0 aliphatic carbocycles. The second-order valence-corrected chi connectivity index (χ2v) is 3.14. The van der Waals surface area contributed by atoms with E-state index in [2.05, 4.69) is 23.8 Å². The van der Waals surface area contributed by atoms with Crippen molar-refractivity contribution in [3.05, 3.63) is 0 Å². The lowest BCUT2D eigenvalue weighted by atomic mass is 10.1. The molecule has 0 aromatic heterocycles. The molecule has 0 aromatic rings. The molecule has 0 aliphatic heterocycles. The molecule has 68 valence electrons. The summed E-state index contributed by atoms with van der Waals surface area (Å²) in [4.78, 5) is 4.30. The molecule has 0 amide bonds. The molecule has 0 unspecified atom stereocenters. The van der Waals surface area contributed by atoms with E-state index in [1.54, 1.807) is 0 Å². The van der Waals surface area contributed by atoms with Crippen LogP contribution in [0.1, 0.15) is 39.5 Å². The van der Waals surface area contributed by atoms with Crippen LogP contribution in [0.5, 0.6) is 0 Å². The summed E-state index contributed by atoms with van der Waals surface area (Å²) in [5.74, 6) is 0.782. The Bertz CT molecular complexity index is 73.7. The van der Waals surface area contributed by atoms with Crippen molar-refractivity contribution in [2.45, 2.75) is 39.5 Å². The minimum atomic E-state index is 0.481. The Morgan fingerprint density at radius 3 is 2.45 bits per heavy atom. The zero-order valence-corrected chi connectivity index (χ0v) is 7.38. The highest BCUT2D eigenvalue weighted by Gasteiger charge is 1.94. The quantitative estimate of drug-likeness (QED) is 0.355. The highest BCUT2D eigenvalue weighted by molar-refractivity contribution is 4.46. The lowest BCUT2D eigenvalue weighted by molar-refractivity contribution is -0.490. The number of hydrogen-bond acceptors (Lipinski definition) is 3. The standard InChI is InChI=1S/C8H18O3/c1-8(2)6-4-3-5-7-10-11-9/h8-9H,3-7H2,1-2H3. The molecule has 0 fully saturated rings. The Hall–Kier alpha value is -0.120. The van der Waals surface area contributed by atoms with Crippen molar-refractivity contribution in [3.8, 4) is 0 Å². The summed E-state index contributed by atoms with van der Waals surface area (Å²) < 4.78 is 0. The van der Waals surface area contributed by atoms with Crippen LogP contribution >= 0.6 is 0 Å². The van der Waals surface area contributed by atoms with Crippen LogP contribution in [-0.2, 0) is 9.93 Å². The molecule has 0 bridgehead atoms. The van der Waals surface area contributed by atoms with Crippen LogP contribution in [0.3, 0.4) is 0 Å². The molecule has 3 nitrogen and oxygen atoms in total. The van der Waals surface area contributed by atoms with Gasteiger partial charge in [0.05, 0.1) is 6.61 Å². The van der Waals surface area contributed by atoms with E-state index in [1.807, 2.05) is 0 Å². The van der Waals surface area contributed by atoms with Crippen molar-refractivity contribution in [1.29, 1.82) is 0 Å². The van der Waals surface area contributed by atoms with Gasteiger partial charge in [0.15, 0.2) is 0 Å². The highest BCUT2D eigenvalue weighted by Crippen LogP contribution is 2.07. The van der Waals surface area contributed by atoms with E-state index in [9.17, 15) is 0 Å². The maximum absolute atomic E-state index is 7.79. The Kier molecular flexibility index (Phi) is 7.89. The number of hydrogen-bond donors (Lipinski definition) is 1. The molecular weight excluding hydrogens is 144 g/mol. The molecule has 0 rings (SSSR count). The van der Waals surface area contributed by atoms with Crippen LogP contribution in [0.2, 0.25) is 0 Å². The van der Waals surface area contributed by atoms with Crippen molar-refractivity contribution < 1.29 is 15.2 Å². The Morgan fingerprint density at radius 1 is 1.18 bits per heavy atom. The summed E-state index contributed by atoms with van der Waals surface area (Å²) in [6.07, 6.45) is 4.58. The lowest BCUT2D eigenvalue weighted by Gasteiger charge is -2.02.